The highest BCUT2D eigenvalue weighted by molar-refractivity contribution is 7.86. The number of benzene rings is 6. The summed E-state index contributed by atoms with van der Waals surface area (Å²) in [4.78, 5) is 42.7. The molecule has 8 rings (SSSR count). The minimum absolute atomic E-state index is 0.0536. The number of rotatable bonds is 32. The van der Waals surface area contributed by atoms with Crippen molar-refractivity contribution in [3.05, 3.63) is 206 Å². The normalized spacial score (nSPS) is 10.9. The van der Waals surface area contributed by atoms with Gasteiger partial charge in [-0.2, -0.15) is 13.2 Å². The lowest BCUT2D eigenvalue weighted by Gasteiger charge is -2.27. The second kappa shape index (κ2) is 39.4. The van der Waals surface area contributed by atoms with E-state index in [4.69, 9.17) is 50.2 Å². The number of carbonyl (C=O) groups excluding carboxylic acids is 2. The van der Waals surface area contributed by atoms with Crippen LogP contribution in [0.2, 0.25) is 0 Å². The molecule has 1 aliphatic heterocycles. The first-order valence-corrected chi connectivity index (χ1v) is 33.8. The van der Waals surface area contributed by atoms with Crippen LogP contribution < -0.4 is 49.0 Å². The molecule has 18 nitrogen and oxygen atoms in total. The van der Waals surface area contributed by atoms with Crippen LogP contribution in [0.3, 0.4) is 0 Å². The molecule has 5 aromatic carbocycles. The van der Waals surface area contributed by atoms with Crippen molar-refractivity contribution in [3.63, 3.8) is 0 Å². The van der Waals surface area contributed by atoms with Gasteiger partial charge in [-0.25, -0.2) is 13.0 Å². The van der Waals surface area contributed by atoms with E-state index < -0.39 is 15.6 Å². The van der Waals surface area contributed by atoms with Crippen LogP contribution in [0.15, 0.2) is 193 Å². The van der Waals surface area contributed by atoms with E-state index in [-0.39, 0.29) is 17.4 Å². The van der Waals surface area contributed by atoms with Crippen LogP contribution in [0, 0.1) is 13.8 Å². The Hall–Kier alpha value is -10.1. The van der Waals surface area contributed by atoms with Crippen molar-refractivity contribution < 1.29 is 73.0 Å². The molecule has 0 spiro atoms. The molecule has 1 aromatic heterocycles. The predicted octanol–water partition coefficient (Wildman–Crippen LogP) is 15.3. The summed E-state index contributed by atoms with van der Waals surface area (Å²) in [5.41, 5.74) is 4.49. The molecule has 0 saturated heterocycles. The zero-order valence-corrected chi connectivity index (χ0v) is 58.7. The van der Waals surface area contributed by atoms with Gasteiger partial charge in [0.15, 0.2) is 23.2 Å². The number of esters is 2. The summed E-state index contributed by atoms with van der Waals surface area (Å²) in [7, 11) is -2.72. The molecule has 0 amide bonds. The summed E-state index contributed by atoms with van der Waals surface area (Å²) in [5, 5.41) is 3.04. The fourth-order valence-corrected chi connectivity index (χ4v) is 10.7. The molecule has 2 aliphatic rings. The number of carbonyl (C=O) groups is 2. The van der Waals surface area contributed by atoms with Crippen LogP contribution in [0.25, 0.3) is 55.4 Å². The maximum atomic E-state index is 12.8. The maximum Gasteiger partial charge on any atom is 0.485 e. The number of methoxy groups -OCH3 is 2. The van der Waals surface area contributed by atoms with Gasteiger partial charge >= 0.3 is 17.4 Å². The van der Waals surface area contributed by atoms with Crippen molar-refractivity contribution in [1.82, 2.24) is 4.58 Å². The average Bonchev–Trinajstić information content (AvgIpc) is 0.750. The number of ether oxygens (including phenoxy) is 6. The average molecular weight is 1390 g/mol. The second-order valence-electron chi connectivity index (χ2n) is 22.1. The molecule has 2 heterocycles. The Labute approximate surface area is 578 Å². The highest BCUT2D eigenvalue weighted by Gasteiger charge is 2.37. The number of hydrogen-bond donors (Lipinski definition) is 0. The van der Waals surface area contributed by atoms with E-state index in [0.29, 0.717) is 111 Å². The first-order chi connectivity index (χ1) is 47.4. The SMILES string of the molecule is C=CCOc1ccc2c(-c3cc(C)c(N(CC)CCCC(=O)OCC)cc3OC)c3ccc(=[N+](CC=C)CC=C)cc-3oc2c1.C=CCOc1ccc2c(=O)c3ccc(N(CC=C)CC=C)cc3oc2c1.CCOC(=O)CCCN(CC)c1cc(OC)ccc1C.O=S(=O)([O-])C(F)(F)F. The quantitative estimate of drug-likeness (QED) is 0.00960. The highest BCUT2D eigenvalue weighted by atomic mass is 32.2. The monoisotopic (exact) mass is 1380 g/mol. The third kappa shape index (κ3) is 22.5. The van der Waals surface area contributed by atoms with Crippen molar-refractivity contribution in [2.24, 2.45) is 0 Å². The third-order valence-corrected chi connectivity index (χ3v) is 15.9. The van der Waals surface area contributed by atoms with Crippen LogP contribution in [0.4, 0.5) is 30.2 Å². The highest BCUT2D eigenvalue weighted by Crippen LogP contribution is 2.46. The molecule has 530 valence electrons. The Bertz CT molecular complexity index is 4290. The molecule has 1 aliphatic carbocycles. The van der Waals surface area contributed by atoms with Crippen LogP contribution in [0.5, 0.6) is 23.0 Å². The number of nitrogens with zero attached hydrogens (tertiary/aromatic N) is 4. The minimum atomic E-state index is -6.09. The van der Waals surface area contributed by atoms with Gasteiger partial charge in [0.2, 0.25) is 10.8 Å². The van der Waals surface area contributed by atoms with Gasteiger partial charge in [-0.1, -0.05) is 56.7 Å². The van der Waals surface area contributed by atoms with Gasteiger partial charge in [0, 0.05) is 128 Å². The zero-order valence-electron chi connectivity index (χ0n) is 57.9. The van der Waals surface area contributed by atoms with Gasteiger partial charge in [-0.05, 0) is 132 Å². The van der Waals surface area contributed by atoms with E-state index >= 15 is 0 Å². The van der Waals surface area contributed by atoms with E-state index in [1.54, 1.807) is 50.6 Å². The molecule has 0 radical (unpaired) electrons. The van der Waals surface area contributed by atoms with E-state index in [0.717, 1.165) is 99.9 Å². The fraction of sp³-hybridized carbons (Fsp3) is 0.325. The second-order valence-corrected chi connectivity index (χ2v) is 23.5. The first kappa shape index (κ1) is 79.6. The van der Waals surface area contributed by atoms with Crippen molar-refractivity contribution in [3.8, 4) is 45.4 Å². The standard InChI is InChI=1S/C38H45N2O5.C22H21NO3.C16H25NO3.CHF3O3S/c1-8-19-40(20-9-2)28-15-17-30-35(24-28)45-36-25-29(44-22-10-3)16-18-31(36)38(30)32-23-27(6)33(26-34(32)42-7)39(11-4)21-13-14-37(41)43-12-5;1-4-11-23(12-5-2)16-7-9-18-20(14-16)26-21-15-17(25-13-6-3)8-10-19(21)22(18)24;1-5-17(11-7-8-16(18)20-6-2)15-12-14(19-4)10-9-13(15)3;2-1(3,4)8(5,6)7/h8-10,15-18,23-26H,1-3,11-14,19-22H2,4-7H3;4-10,14-15H,1-3,11-13H2;9-10,12H,5-8,11H2,1-4H3;(H,5,6,7)/q+1;;;/p-1. The van der Waals surface area contributed by atoms with Crippen LogP contribution >= 0.6 is 0 Å². The molecule has 0 N–H and O–H groups in total. The molecular formula is C77H91F3N4O14S. The first-order valence-electron chi connectivity index (χ1n) is 32.3. The van der Waals surface area contributed by atoms with E-state index in [1.165, 1.54) is 5.56 Å². The smallest absolute Gasteiger partial charge is 0.485 e. The van der Waals surface area contributed by atoms with Gasteiger partial charge in [0.05, 0.1) is 44.3 Å². The predicted molar refractivity (Wildman–Crippen MR) is 390 cm³/mol. The lowest BCUT2D eigenvalue weighted by atomic mass is 9.91. The van der Waals surface area contributed by atoms with Crippen LogP contribution in [-0.2, 0) is 29.2 Å². The molecular weight excluding hydrogens is 1290 g/mol. The Morgan fingerprint density at radius 2 is 1.08 bits per heavy atom. The number of aryl methyl sites for hydroxylation is 2. The summed E-state index contributed by atoms with van der Waals surface area (Å²) in [6.45, 7) is 42.5. The maximum absolute atomic E-state index is 12.8. The Morgan fingerprint density at radius 1 is 0.576 bits per heavy atom. The molecule has 0 unspecified atom stereocenters. The van der Waals surface area contributed by atoms with Gasteiger partial charge in [-0.15, -0.1) is 13.2 Å². The number of alkyl halides is 3. The Morgan fingerprint density at radius 3 is 1.57 bits per heavy atom. The third-order valence-electron chi connectivity index (χ3n) is 15.3. The number of anilines is 3. The van der Waals surface area contributed by atoms with Crippen molar-refractivity contribution in [2.75, 3.05) is 108 Å². The largest absolute Gasteiger partial charge is 0.741 e. The van der Waals surface area contributed by atoms with Gasteiger partial charge in [0.1, 0.15) is 58.7 Å². The van der Waals surface area contributed by atoms with Crippen LogP contribution in [0.1, 0.15) is 64.5 Å². The minimum Gasteiger partial charge on any atom is -0.741 e. The molecule has 6 aromatic rings. The molecule has 0 bridgehead atoms. The summed E-state index contributed by atoms with van der Waals surface area (Å²) < 4.78 is 106. The Kier molecular flexibility index (Phi) is 31.7. The Balaban J connectivity index is 0.000000275. The van der Waals surface area contributed by atoms with Gasteiger partial charge in [0.25, 0.3) is 0 Å². The summed E-state index contributed by atoms with van der Waals surface area (Å²) in [6.07, 6.45) is 13.2. The van der Waals surface area contributed by atoms with Crippen molar-refractivity contribution in [1.29, 1.82) is 0 Å². The molecule has 0 saturated carbocycles. The van der Waals surface area contributed by atoms with Crippen LogP contribution in [-0.4, -0.2) is 123 Å². The lowest BCUT2D eigenvalue weighted by Crippen LogP contribution is -2.30. The summed E-state index contributed by atoms with van der Waals surface area (Å²) in [6, 6.07) is 33.4. The topological polar surface area (TPSA) is 203 Å². The molecule has 22 heteroatoms. The van der Waals surface area contributed by atoms with E-state index in [9.17, 15) is 27.6 Å². The van der Waals surface area contributed by atoms with Crippen molar-refractivity contribution in [2.45, 2.75) is 72.7 Å². The molecule has 99 heavy (non-hydrogen) atoms. The molecule has 0 fully saturated rings. The lowest BCUT2D eigenvalue weighted by molar-refractivity contribution is -0.144. The van der Waals surface area contributed by atoms with Gasteiger partial charge < -0.3 is 56.5 Å². The fourth-order valence-electron chi connectivity index (χ4n) is 10.7. The summed E-state index contributed by atoms with van der Waals surface area (Å²) in [5.74, 6) is 3.41. The zero-order chi connectivity index (χ0) is 72.8. The molecule has 0 atom stereocenters. The van der Waals surface area contributed by atoms with Gasteiger partial charge in [-0.3, -0.25) is 14.4 Å². The number of hydrogen-bond acceptors (Lipinski definition) is 17. The van der Waals surface area contributed by atoms with Crippen molar-refractivity contribution >= 4 is 72.0 Å². The van der Waals surface area contributed by atoms with E-state index in [1.807, 2.05) is 80.6 Å². The summed E-state index contributed by atoms with van der Waals surface area (Å²) >= 11 is 0. The van der Waals surface area contributed by atoms with E-state index in [2.05, 4.69) is 123 Å². The number of halogens is 3. The number of fused-ring (bicyclic) bond motifs is 4.